The maximum Gasteiger partial charge on any atom is 0.309 e. The number of morpholine rings is 1. The molecule has 2 heterocycles. The van der Waals surface area contributed by atoms with Gasteiger partial charge >= 0.3 is 11.8 Å². The number of rotatable bonds is 8. The summed E-state index contributed by atoms with van der Waals surface area (Å²) in [4.78, 5) is 30.4. The van der Waals surface area contributed by atoms with Crippen LogP contribution in [-0.2, 0) is 20.9 Å². The van der Waals surface area contributed by atoms with Gasteiger partial charge in [0.25, 0.3) is 0 Å². The van der Waals surface area contributed by atoms with E-state index in [1.807, 2.05) is 41.1 Å². The molecule has 0 aliphatic carbocycles. The van der Waals surface area contributed by atoms with Crippen molar-refractivity contribution >= 4 is 11.8 Å². The van der Waals surface area contributed by atoms with Crippen molar-refractivity contribution in [3.8, 4) is 11.4 Å². The van der Waals surface area contributed by atoms with E-state index in [0.717, 1.165) is 44.2 Å². The molecule has 0 atom stereocenters. The molecule has 8 heteroatoms. The topological polar surface area (TPSA) is 88.5 Å². The van der Waals surface area contributed by atoms with Crippen molar-refractivity contribution in [2.24, 2.45) is 0 Å². The van der Waals surface area contributed by atoms with Crippen molar-refractivity contribution < 1.29 is 14.3 Å². The third kappa shape index (κ3) is 5.90. The highest BCUT2D eigenvalue weighted by atomic mass is 16.5. The minimum atomic E-state index is -0.587. The highest BCUT2D eigenvalue weighted by Gasteiger charge is 2.14. The Kier molecular flexibility index (Phi) is 7.57. The summed E-state index contributed by atoms with van der Waals surface area (Å²) in [6.45, 7) is 5.50. The highest BCUT2D eigenvalue weighted by molar-refractivity contribution is 6.35. The molecule has 0 bridgehead atoms. The molecule has 28 heavy (non-hydrogen) atoms. The van der Waals surface area contributed by atoms with Gasteiger partial charge in [-0.1, -0.05) is 30.3 Å². The molecule has 0 saturated carbocycles. The summed E-state index contributed by atoms with van der Waals surface area (Å²) in [6, 6.07) is 9.96. The average molecular weight is 385 g/mol. The Morgan fingerprint density at radius 1 is 1.00 bits per heavy atom. The number of hydrogen-bond donors (Lipinski definition) is 2. The molecular formula is C20H27N5O3. The summed E-state index contributed by atoms with van der Waals surface area (Å²) in [5.41, 5.74) is 1.05. The van der Waals surface area contributed by atoms with E-state index >= 15 is 0 Å². The van der Waals surface area contributed by atoms with Crippen LogP contribution in [0.25, 0.3) is 11.4 Å². The van der Waals surface area contributed by atoms with E-state index in [1.54, 1.807) is 6.20 Å². The number of benzene rings is 1. The number of aromatic nitrogens is 2. The van der Waals surface area contributed by atoms with Gasteiger partial charge in [0.05, 0.1) is 13.2 Å². The second kappa shape index (κ2) is 10.6. The van der Waals surface area contributed by atoms with Crippen molar-refractivity contribution in [1.29, 1.82) is 0 Å². The Balaban J connectivity index is 1.33. The zero-order valence-electron chi connectivity index (χ0n) is 16.0. The number of imidazole rings is 1. The maximum atomic E-state index is 11.9. The van der Waals surface area contributed by atoms with Gasteiger partial charge in [-0.3, -0.25) is 14.5 Å². The number of amides is 2. The molecule has 0 spiro atoms. The number of hydrogen-bond acceptors (Lipinski definition) is 5. The molecule has 1 fully saturated rings. The summed E-state index contributed by atoms with van der Waals surface area (Å²) in [7, 11) is 0. The first-order valence-electron chi connectivity index (χ1n) is 9.67. The Labute approximate surface area is 164 Å². The predicted molar refractivity (Wildman–Crippen MR) is 106 cm³/mol. The van der Waals surface area contributed by atoms with Crippen LogP contribution in [0.3, 0.4) is 0 Å². The molecule has 1 aliphatic rings. The van der Waals surface area contributed by atoms with Crippen LogP contribution in [0, 0.1) is 0 Å². The summed E-state index contributed by atoms with van der Waals surface area (Å²) >= 11 is 0. The van der Waals surface area contributed by atoms with Gasteiger partial charge < -0.3 is 19.9 Å². The van der Waals surface area contributed by atoms with Gasteiger partial charge in [0.1, 0.15) is 5.82 Å². The summed E-state index contributed by atoms with van der Waals surface area (Å²) in [6.07, 6.45) is 4.40. The molecule has 0 radical (unpaired) electrons. The quantitative estimate of drug-likeness (QED) is 0.511. The van der Waals surface area contributed by atoms with Gasteiger partial charge in [0, 0.05) is 57.2 Å². The van der Waals surface area contributed by atoms with Crippen LogP contribution in [-0.4, -0.2) is 72.2 Å². The van der Waals surface area contributed by atoms with E-state index in [9.17, 15) is 9.59 Å². The van der Waals surface area contributed by atoms with Crippen LogP contribution >= 0.6 is 0 Å². The zero-order valence-corrected chi connectivity index (χ0v) is 16.0. The third-order valence-electron chi connectivity index (χ3n) is 4.63. The second-order valence-corrected chi connectivity index (χ2v) is 6.63. The van der Waals surface area contributed by atoms with Crippen molar-refractivity contribution in [1.82, 2.24) is 25.1 Å². The highest BCUT2D eigenvalue weighted by Crippen LogP contribution is 2.16. The minimum Gasteiger partial charge on any atom is -0.379 e. The number of carbonyl (C=O) groups excluding carboxylic acids is 2. The van der Waals surface area contributed by atoms with Gasteiger partial charge in [0.15, 0.2) is 0 Å². The maximum absolute atomic E-state index is 11.9. The first-order chi connectivity index (χ1) is 13.7. The zero-order chi connectivity index (χ0) is 19.6. The molecule has 1 aromatic carbocycles. The fraction of sp³-hybridized carbons (Fsp3) is 0.450. The molecule has 150 valence electrons. The van der Waals surface area contributed by atoms with E-state index in [1.165, 1.54) is 0 Å². The Bertz CT molecular complexity index is 756. The Morgan fingerprint density at radius 3 is 2.46 bits per heavy atom. The van der Waals surface area contributed by atoms with E-state index in [0.29, 0.717) is 26.1 Å². The molecular weight excluding hydrogens is 358 g/mol. The number of ether oxygens (including phenoxy) is 1. The monoisotopic (exact) mass is 385 g/mol. The van der Waals surface area contributed by atoms with Crippen LogP contribution in [0.5, 0.6) is 0 Å². The van der Waals surface area contributed by atoms with Crippen molar-refractivity contribution in [2.45, 2.75) is 13.0 Å². The largest absolute Gasteiger partial charge is 0.379 e. The van der Waals surface area contributed by atoms with E-state index in [-0.39, 0.29) is 0 Å². The molecule has 2 aromatic rings. The first kappa shape index (κ1) is 20.0. The average Bonchev–Trinajstić information content (AvgIpc) is 3.21. The first-order valence-corrected chi connectivity index (χ1v) is 9.67. The smallest absolute Gasteiger partial charge is 0.309 e. The molecule has 2 N–H and O–H groups in total. The van der Waals surface area contributed by atoms with E-state index in [2.05, 4.69) is 20.5 Å². The van der Waals surface area contributed by atoms with Crippen molar-refractivity contribution in [3.05, 3.63) is 42.7 Å². The lowest BCUT2D eigenvalue weighted by Gasteiger charge is -2.26. The SMILES string of the molecule is O=C(NCCCn1ccnc1-c1ccccc1)C(=O)NCCN1CCOCC1. The molecule has 1 aromatic heterocycles. The molecule has 0 unspecified atom stereocenters. The molecule has 3 rings (SSSR count). The van der Waals surface area contributed by atoms with Crippen molar-refractivity contribution in [3.63, 3.8) is 0 Å². The standard InChI is InChI=1S/C20H27N5O3/c26-19(20(27)23-8-11-24-13-15-28-16-14-24)22-7-4-10-25-12-9-21-18(25)17-5-2-1-3-6-17/h1-3,5-6,9,12H,4,7-8,10-11,13-16H2,(H,22,26)(H,23,27). The van der Waals surface area contributed by atoms with Gasteiger partial charge in [0.2, 0.25) is 0 Å². The number of carbonyl (C=O) groups is 2. The molecule has 1 aliphatic heterocycles. The van der Waals surface area contributed by atoms with Gasteiger partial charge in [-0.25, -0.2) is 4.98 Å². The van der Waals surface area contributed by atoms with Gasteiger partial charge in [-0.2, -0.15) is 0 Å². The number of aryl methyl sites for hydroxylation is 1. The second-order valence-electron chi connectivity index (χ2n) is 6.63. The lowest BCUT2D eigenvalue weighted by molar-refractivity contribution is -0.139. The lowest BCUT2D eigenvalue weighted by Crippen LogP contribution is -2.45. The van der Waals surface area contributed by atoms with Gasteiger partial charge in [-0.05, 0) is 6.42 Å². The summed E-state index contributed by atoms with van der Waals surface area (Å²) in [5, 5.41) is 5.34. The summed E-state index contributed by atoms with van der Waals surface area (Å²) < 4.78 is 7.33. The fourth-order valence-electron chi connectivity index (χ4n) is 3.10. The Hall–Kier alpha value is -2.71. The molecule has 2 amide bonds. The minimum absolute atomic E-state index is 0.433. The van der Waals surface area contributed by atoms with Gasteiger partial charge in [-0.15, -0.1) is 0 Å². The van der Waals surface area contributed by atoms with Crippen molar-refractivity contribution in [2.75, 3.05) is 45.9 Å². The number of nitrogens with one attached hydrogen (secondary N) is 2. The summed E-state index contributed by atoms with van der Waals surface area (Å²) in [5.74, 6) is -0.274. The normalized spacial score (nSPS) is 14.6. The fourth-order valence-corrected chi connectivity index (χ4v) is 3.10. The van der Waals surface area contributed by atoms with Crippen LogP contribution in [0.1, 0.15) is 6.42 Å². The lowest BCUT2D eigenvalue weighted by atomic mass is 10.2. The Morgan fingerprint density at radius 2 is 1.71 bits per heavy atom. The number of nitrogens with zero attached hydrogens (tertiary/aromatic N) is 3. The van der Waals surface area contributed by atoms with Crippen LogP contribution in [0.2, 0.25) is 0 Å². The predicted octanol–water partition coefficient (Wildman–Crippen LogP) is 0.505. The van der Waals surface area contributed by atoms with Crippen LogP contribution in [0.4, 0.5) is 0 Å². The van der Waals surface area contributed by atoms with Crippen LogP contribution in [0.15, 0.2) is 42.7 Å². The molecule has 8 nitrogen and oxygen atoms in total. The molecule has 1 saturated heterocycles. The van der Waals surface area contributed by atoms with E-state index in [4.69, 9.17) is 4.74 Å². The van der Waals surface area contributed by atoms with Crippen LogP contribution < -0.4 is 10.6 Å². The van der Waals surface area contributed by atoms with E-state index < -0.39 is 11.8 Å². The third-order valence-corrected chi connectivity index (χ3v) is 4.63.